The second-order valence-corrected chi connectivity index (χ2v) is 15.0. The van der Waals surface area contributed by atoms with Crippen LogP contribution in [0.4, 0.5) is 0 Å². The summed E-state index contributed by atoms with van der Waals surface area (Å²) in [6.45, 7) is 3.34. The Hall–Kier alpha value is -7.55. The number of H-pyrrole nitrogens is 3. The van der Waals surface area contributed by atoms with Crippen molar-refractivity contribution in [2.45, 2.75) is 82.2 Å². The molecule has 0 aliphatic rings. The van der Waals surface area contributed by atoms with E-state index in [1.54, 1.807) is 13.8 Å². The average molecular weight is 855 g/mol. The van der Waals surface area contributed by atoms with Crippen molar-refractivity contribution in [1.29, 1.82) is 0 Å². The number of aliphatic carboxylic acids is 1. The first-order chi connectivity index (χ1) is 29.6. The van der Waals surface area contributed by atoms with Crippen LogP contribution in [-0.2, 0) is 60.9 Å². The van der Waals surface area contributed by atoms with Crippen molar-refractivity contribution in [3.05, 3.63) is 114 Å². The monoisotopic (exact) mass is 854 g/mol. The topological polar surface area (TPSA) is 335 Å². The van der Waals surface area contributed by atoms with Gasteiger partial charge in [0, 0.05) is 67.8 Å². The number of amides is 5. The maximum atomic E-state index is 14.3. The number of aromatic amines is 3. The summed E-state index contributed by atoms with van der Waals surface area (Å²) in [7, 11) is 0. The van der Waals surface area contributed by atoms with Crippen LogP contribution in [0.5, 0.6) is 11.5 Å². The number of aromatic nitrogens is 6. The molecule has 5 rings (SSSR count). The molecule has 0 saturated carbocycles. The van der Waals surface area contributed by atoms with Gasteiger partial charge in [-0.05, 0) is 41.3 Å². The third kappa shape index (κ3) is 13.5. The van der Waals surface area contributed by atoms with E-state index in [-0.39, 0.29) is 43.6 Å². The van der Waals surface area contributed by atoms with Crippen LogP contribution in [0.25, 0.3) is 0 Å². The lowest BCUT2D eigenvalue weighted by atomic mass is 9.99. The SMILES string of the molecule is CC(C)[C@H](NC(=O)[C@H](Cc1cnc[nH]1)NC(=O)[C@@H](N)Cc1cnc[nH]1)C(=O)N[C@@H](Cc1ccc(O)cc1)C(=O)N[C@@H](Cc1ccc(O)cc1)C(=O)N[C@@H](Cc1cnc[nH]1)C(=O)O. The van der Waals surface area contributed by atoms with Gasteiger partial charge >= 0.3 is 5.97 Å². The number of hydrogen-bond acceptors (Lipinski definition) is 12. The minimum atomic E-state index is -1.42. The molecule has 5 aromatic rings. The molecule has 3 heterocycles. The van der Waals surface area contributed by atoms with E-state index in [0.717, 1.165) is 0 Å². The largest absolute Gasteiger partial charge is 0.508 e. The van der Waals surface area contributed by atoms with Gasteiger partial charge in [0.1, 0.15) is 41.7 Å². The zero-order chi connectivity index (χ0) is 44.8. The number of rotatable bonds is 22. The molecule has 0 aliphatic heterocycles. The molecule has 0 unspecified atom stereocenters. The van der Waals surface area contributed by atoms with E-state index in [1.807, 2.05) is 0 Å². The van der Waals surface area contributed by atoms with Gasteiger partial charge in [0.05, 0.1) is 25.0 Å². The van der Waals surface area contributed by atoms with Crippen molar-refractivity contribution in [3.8, 4) is 11.5 Å². The Balaban J connectivity index is 1.37. The normalized spacial score (nSPS) is 14.1. The Morgan fingerprint density at radius 2 is 0.903 bits per heavy atom. The van der Waals surface area contributed by atoms with Crippen molar-refractivity contribution in [2.24, 2.45) is 11.7 Å². The predicted octanol–water partition coefficient (Wildman–Crippen LogP) is -0.728. The minimum Gasteiger partial charge on any atom is -0.508 e. The van der Waals surface area contributed by atoms with Gasteiger partial charge in [-0.1, -0.05) is 38.1 Å². The van der Waals surface area contributed by atoms with Crippen LogP contribution in [0, 0.1) is 5.92 Å². The van der Waals surface area contributed by atoms with Crippen LogP contribution < -0.4 is 32.3 Å². The van der Waals surface area contributed by atoms with Crippen LogP contribution >= 0.6 is 0 Å². The fourth-order valence-corrected chi connectivity index (χ4v) is 6.40. The van der Waals surface area contributed by atoms with E-state index in [9.17, 15) is 44.1 Å². The molecular formula is C41H50N12O9. The summed E-state index contributed by atoms with van der Waals surface area (Å²) in [5, 5.41) is 43.0. The lowest BCUT2D eigenvalue weighted by Gasteiger charge is -2.28. The number of carbonyl (C=O) groups is 6. The van der Waals surface area contributed by atoms with Gasteiger partial charge in [-0.25, -0.2) is 19.7 Å². The van der Waals surface area contributed by atoms with E-state index in [1.165, 1.54) is 86.1 Å². The quantitative estimate of drug-likeness (QED) is 0.0409. The summed E-state index contributed by atoms with van der Waals surface area (Å²) in [6.07, 6.45) is 8.26. The summed E-state index contributed by atoms with van der Waals surface area (Å²) < 4.78 is 0. The van der Waals surface area contributed by atoms with Gasteiger partial charge in [0.15, 0.2) is 0 Å². The molecule has 0 aliphatic carbocycles. The highest BCUT2D eigenvalue weighted by atomic mass is 16.4. The number of carboxylic acid groups (broad SMARTS) is 1. The van der Waals surface area contributed by atoms with E-state index >= 15 is 0 Å². The lowest BCUT2D eigenvalue weighted by molar-refractivity contribution is -0.142. The zero-order valence-corrected chi connectivity index (χ0v) is 33.9. The Kier molecular flexibility index (Phi) is 15.9. The molecule has 0 radical (unpaired) electrons. The first kappa shape index (κ1) is 45.5. The second-order valence-electron chi connectivity index (χ2n) is 15.0. The third-order valence-corrected chi connectivity index (χ3v) is 9.80. The highest BCUT2D eigenvalue weighted by Gasteiger charge is 2.34. The fraction of sp³-hybridized carbons (Fsp3) is 0.341. The number of benzene rings is 2. The molecule has 13 N–H and O–H groups in total. The van der Waals surface area contributed by atoms with Crippen molar-refractivity contribution in [2.75, 3.05) is 0 Å². The molecule has 0 spiro atoms. The van der Waals surface area contributed by atoms with Crippen molar-refractivity contribution < 1.29 is 44.1 Å². The Labute approximate surface area is 355 Å². The zero-order valence-electron chi connectivity index (χ0n) is 33.9. The number of nitrogens with one attached hydrogen (secondary N) is 8. The van der Waals surface area contributed by atoms with Crippen LogP contribution in [0.3, 0.4) is 0 Å². The number of imidazole rings is 3. The van der Waals surface area contributed by atoms with Crippen molar-refractivity contribution >= 4 is 35.5 Å². The predicted molar refractivity (Wildman–Crippen MR) is 221 cm³/mol. The number of phenolic OH excluding ortho intramolecular Hbond substituents is 2. The fourth-order valence-electron chi connectivity index (χ4n) is 6.40. The van der Waals surface area contributed by atoms with Crippen LogP contribution in [-0.4, -0.2) is 117 Å². The van der Waals surface area contributed by atoms with Crippen LogP contribution in [0.2, 0.25) is 0 Å². The van der Waals surface area contributed by atoms with Gasteiger partial charge in [-0.15, -0.1) is 0 Å². The van der Waals surface area contributed by atoms with E-state index in [2.05, 4.69) is 56.5 Å². The smallest absolute Gasteiger partial charge is 0.326 e. The van der Waals surface area contributed by atoms with Gasteiger partial charge in [-0.3, -0.25) is 24.0 Å². The Morgan fingerprint density at radius 3 is 1.32 bits per heavy atom. The highest BCUT2D eigenvalue weighted by molar-refractivity contribution is 5.96. The molecule has 62 heavy (non-hydrogen) atoms. The summed E-state index contributed by atoms with van der Waals surface area (Å²) in [4.78, 5) is 102. The van der Waals surface area contributed by atoms with Gasteiger partial charge in [0.25, 0.3) is 0 Å². The Bertz CT molecular complexity index is 2230. The number of carboxylic acids is 1. The molecule has 0 bridgehead atoms. The molecular weight excluding hydrogens is 805 g/mol. The number of hydrogen-bond donors (Lipinski definition) is 12. The minimum absolute atomic E-state index is 0.0399. The van der Waals surface area contributed by atoms with E-state index in [4.69, 9.17) is 5.73 Å². The standard InChI is InChI=1S/C41H50N12O9/c1-22(2)35(53-39(59)33(14-26-17-44-20-47-26)49-36(56)30(42)13-25-16-43-19-46-25)40(60)51-32(12-24-5-9-29(55)10-6-24)37(57)50-31(11-23-3-7-28(54)8-4-23)38(58)52-34(41(61)62)15-27-18-45-21-48-27/h3-10,16-22,30-35,54-55H,11-15,42H2,1-2H3,(H,43,46)(H,44,47)(H,45,48)(H,49,56)(H,50,57)(H,51,60)(H,52,58)(H,53,59)(H,61,62)/t30-,31-,32-,33-,34-,35-/m0/s1. The van der Waals surface area contributed by atoms with Crippen molar-refractivity contribution in [3.63, 3.8) is 0 Å². The molecule has 5 amide bonds. The summed E-state index contributed by atoms with van der Waals surface area (Å²) in [6, 6.07) is 3.98. The molecule has 0 saturated heterocycles. The number of nitrogens with zero attached hydrogens (tertiary/aromatic N) is 3. The average Bonchev–Trinajstić information content (AvgIpc) is 4.06. The summed E-state index contributed by atoms with van der Waals surface area (Å²) in [5.41, 5.74) is 8.71. The Morgan fingerprint density at radius 1 is 0.532 bits per heavy atom. The number of phenols is 2. The molecule has 3 aromatic heterocycles. The number of nitrogens with two attached hydrogens (primary N) is 1. The number of carbonyl (C=O) groups excluding carboxylic acids is 5. The molecule has 21 heteroatoms. The third-order valence-electron chi connectivity index (χ3n) is 9.80. The molecule has 0 fully saturated rings. The second kappa shape index (κ2) is 21.6. The number of aromatic hydroxyl groups is 2. The molecule has 2 aromatic carbocycles. The highest BCUT2D eigenvalue weighted by Crippen LogP contribution is 2.15. The van der Waals surface area contributed by atoms with Crippen LogP contribution in [0.1, 0.15) is 42.1 Å². The molecule has 328 valence electrons. The maximum absolute atomic E-state index is 14.3. The summed E-state index contributed by atoms with van der Waals surface area (Å²) in [5.74, 6) is -5.83. The van der Waals surface area contributed by atoms with E-state index in [0.29, 0.717) is 28.2 Å². The van der Waals surface area contributed by atoms with Crippen LogP contribution in [0.15, 0.2) is 86.1 Å². The van der Waals surface area contributed by atoms with E-state index < -0.39 is 77.7 Å². The molecule has 6 atom stereocenters. The van der Waals surface area contributed by atoms with Gasteiger partial charge < -0.3 is 62.6 Å². The lowest BCUT2D eigenvalue weighted by Crippen LogP contribution is -2.61. The molecule has 21 nitrogen and oxygen atoms in total. The van der Waals surface area contributed by atoms with Gasteiger partial charge in [0.2, 0.25) is 29.5 Å². The first-order valence-corrected chi connectivity index (χ1v) is 19.6. The van der Waals surface area contributed by atoms with Gasteiger partial charge in [-0.2, -0.15) is 0 Å². The van der Waals surface area contributed by atoms with Crippen molar-refractivity contribution in [1.82, 2.24) is 56.5 Å². The summed E-state index contributed by atoms with van der Waals surface area (Å²) >= 11 is 0. The first-order valence-electron chi connectivity index (χ1n) is 19.6. The maximum Gasteiger partial charge on any atom is 0.326 e.